The van der Waals surface area contributed by atoms with Crippen molar-refractivity contribution in [3.8, 4) is 0 Å². The van der Waals surface area contributed by atoms with Gasteiger partial charge in [0, 0.05) is 30.2 Å². The highest BCUT2D eigenvalue weighted by atomic mass is 16.1. The quantitative estimate of drug-likeness (QED) is 0.691. The van der Waals surface area contributed by atoms with Crippen LogP contribution in [0, 0.1) is 0 Å². The fourth-order valence-corrected chi connectivity index (χ4v) is 3.28. The van der Waals surface area contributed by atoms with Gasteiger partial charge in [0.2, 0.25) is 0 Å². The van der Waals surface area contributed by atoms with Crippen molar-refractivity contribution < 1.29 is 4.79 Å². The number of hydrogen-bond donors (Lipinski definition) is 2. The summed E-state index contributed by atoms with van der Waals surface area (Å²) in [5.74, 6) is 0.318. The lowest BCUT2D eigenvalue weighted by atomic mass is 10.1. The van der Waals surface area contributed by atoms with Gasteiger partial charge in [-0.3, -0.25) is 4.79 Å². The number of benzene rings is 2. The summed E-state index contributed by atoms with van der Waals surface area (Å²) < 4.78 is 0. The van der Waals surface area contributed by atoms with E-state index in [9.17, 15) is 4.79 Å². The van der Waals surface area contributed by atoms with Crippen LogP contribution in [0.3, 0.4) is 0 Å². The molecule has 0 atom stereocenters. The Balaban J connectivity index is 1.37. The lowest BCUT2D eigenvalue weighted by Crippen LogP contribution is -2.29. The maximum Gasteiger partial charge on any atom is 0.275 e. The predicted molar refractivity (Wildman–Crippen MR) is 112 cm³/mol. The number of anilines is 4. The largest absolute Gasteiger partial charge is 0.372 e. The van der Waals surface area contributed by atoms with E-state index >= 15 is 0 Å². The van der Waals surface area contributed by atoms with E-state index in [0.717, 1.165) is 24.5 Å². The van der Waals surface area contributed by atoms with E-state index in [1.54, 1.807) is 6.20 Å². The minimum Gasteiger partial charge on any atom is -0.372 e. The maximum atomic E-state index is 12.2. The van der Waals surface area contributed by atoms with Crippen LogP contribution >= 0.6 is 0 Å². The fourth-order valence-electron chi connectivity index (χ4n) is 3.28. The number of carbonyl (C=O) groups is 1. The van der Waals surface area contributed by atoms with Crippen molar-refractivity contribution in [3.63, 3.8) is 0 Å². The molecule has 1 fully saturated rings. The lowest BCUT2D eigenvalue weighted by Gasteiger charge is -2.28. The molecule has 0 radical (unpaired) electrons. The van der Waals surface area contributed by atoms with E-state index < -0.39 is 0 Å². The monoisotopic (exact) mass is 373 g/mol. The first-order valence-electron chi connectivity index (χ1n) is 9.58. The number of para-hydroxylation sites is 1. The highest BCUT2D eigenvalue weighted by Gasteiger charge is 2.11. The van der Waals surface area contributed by atoms with Crippen molar-refractivity contribution in [1.82, 2.24) is 9.97 Å². The molecule has 4 rings (SSSR count). The first kappa shape index (κ1) is 18.0. The molecule has 3 aromatic rings. The van der Waals surface area contributed by atoms with Gasteiger partial charge in [-0.05, 0) is 55.7 Å². The van der Waals surface area contributed by atoms with Crippen molar-refractivity contribution in [2.75, 3.05) is 28.6 Å². The third-order valence-corrected chi connectivity index (χ3v) is 4.78. The number of nitrogens with one attached hydrogen (secondary N) is 2. The Morgan fingerprint density at radius 3 is 2.25 bits per heavy atom. The number of aromatic nitrogens is 2. The van der Waals surface area contributed by atoms with Crippen LogP contribution in [0.2, 0.25) is 0 Å². The topological polar surface area (TPSA) is 70.2 Å². The highest BCUT2D eigenvalue weighted by Crippen LogP contribution is 2.23. The lowest BCUT2D eigenvalue weighted by molar-refractivity contribution is 0.102. The summed E-state index contributed by atoms with van der Waals surface area (Å²) >= 11 is 0. The van der Waals surface area contributed by atoms with Crippen molar-refractivity contribution in [2.45, 2.75) is 19.3 Å². The molecular weight excluding hydrogens is 350 g/mol. The van der Waals surface area contributed by atoms with Gasteiger partial charge in [-0.2, -0.15) is 0 Å². The molecule has 28 heavy (non-hydrogen) atoms. The van der Waals surface area contributed by atoms with Gasteiger partial charge in [0.25, 0.3) is 5.91 Å². The van der Waals surface area contributed by atoms with Gasteiger partial charge < -0.3 is 15.5 Å². The third-order valence-electron chi connectivity index (χ3n) is 4.78. The van der Waals surface area contributed by atoms with Gasteiger partial charge >= 0.3 is 0 Å². The molecule has 1 aliphatic heterocycles. The zero-order valence-corrected chi connectivity index (χ0v) is 15.6. The molecule has 1 saturated heterocycles. The van der Waals surface area contributed by atoms with Crippen molar-refractivity contribution in [3.05, 3.63) is 72.7 Å². The molecule has 142 valence electrons. The van der Waals surface area contributed by atoms with Crippen LogP contribution in [-0.2, 0) is 0 Å². The van der Waals surface area contributed by atoms with Crippen molar-refractivity contribution in [2.24, 2.45) is 0 Å². The van der Waals surface area contributed by atoms with Crippen molar-refractivity contribution >= 4 is 28.8 Å². The Hall–Kier alpha value is -3.41. The van der Waals surface area contributed by atoms with Crippen LogP contribution in [-0.4, -0.2) is 29.0 Å². The molecule has 6 heteroatoms. The van der Waals surface area contributed by atoms with E-state index in [0.29, 0.717) is 5.82 Å². The Bertz CT molecular complexity index is 904. The molecule has 1 aromatic heterocycles. The molecule has 2 aromatic carbocycles. The van der Waals surface area contributed by atoms with Crippen LogP contribution in [0.4, 0.5) is 22.9 Å². The van der Waals surface area contributed by atoms with Gasteiger partial charge in [0.05, 0.1) is 12.4 Å². The molecule has 0 spiro atoms. The molecule has 0 aliphatic carbocycles. The van der Waals surface area contributed by atoms with Gasteiger partial charge in [-0.1, -0.05) is 18.2 Å². The molecule has 1 amide bonds. The maximum absolute atomic E-state index is 12.2. The standard InChI is InChI=1S/C22H23N5O/c28-22(26-17-7-3-1-4-8-17)20-15-24-21(16-23-20)25-18-9-11-19(12-10-18)27-13-5-2-6-14-27/h1,3-4,7-12,15-16H,2,5-6,13-14H2,(H,24,25)(H,26,28). The zero-order chi connectivity index (χ0) is 19.2. The zero-order valence-electron chi connectivity index (χ0n) is 15.6. The summed E-state index contributed by atoms with van der Waals surface area (Å²) in [6.07, 6.45) is 6.90. The molecule has 0 bridgehead atoms. The van der Waals surface area contributed by atoms with Gasteiger partial charge in [0.15, 0.2) is 0 Å². The van der Waals surface area contributed by atoms with E-state index in [1.165, 1.54) is 31.1 Å². The van der Waals surface area contributed by atoms with E-state index in [1.807, 2.05) is 42.5 Å². The van der Waals surface area contributed by atoms with Crippen LogP contribution in [0.1, 0.15) is 29.8 Å². The smallest absolute Gasteiger partial charge is 0.275 e. The molecule has 1 aliphatic rings. The summed E-state index contributed by atoms with van der Waals surface area (Å²) in [6.45, 7) is 2.26. The number of nitrogens with zero attached hydrogens (tertiary/aromatic N) is 3. The third kappa shape index (κ3) is 4.46. The first-order chi connectivity index (χ1) is 13.8. The summed E-state index contributed by atoms with van der Waals surface area (Å²) in [5.41, 5.74) is 3.20. The Morgan fingerprint density at radius 2 is 1.57 bits per heavy atom. The van der Waals surface area contributed by atoms with Crippen LogP contribution in [0.5, 0.6) is 0 Å². The summed E-state index contributed by atoms with van der Waals surface area (Å²) in [5, 5.41) is 6.02. The minimum atomic E-state index is -0.281. The Kier molecular flexibility index (Phi) is 5.47. The number of amides is 1. The van der Waals surface area contributed by atoms with Crippen molar-refractivity contribution in [1.29, 1.82) is 0 Å². The summed E-state index contributed by atoms with van der Waals surface area (Å²) in [4.78, 5) is 23.2. The van der Waals surface area contributed by atoms with Gasteiger partial charge in [-0.25, -0.2) is 9.97 Å². The Morgan fingerprint density at radius 1 is 0.821 bits per heavy atom. The molecule has 2 N–H and O–H groups in total. The number of hydrogen-bond acceptors (Lipinski definition) is 5. The molecule has 0 unspecified atom stereocenters. The number of carbonyl (C=O) groups excluding carboxylic acids is 1. The van der Waals surface area contributed by atoms with Crippen LogP contribution in [0.15, 0.2) is 67.0 Å². The van der Waals surface area contributed by atoms with E-state index in [4.69, 9.17) is 0 Å². The van der Waals surface area contributed by atoms with Gasteiger partial charge in [-0.15, -0.1) is 0 Å². The fraction of sp³-hybridized carbons (Fsp3) is 0.227. The van der Waals surface area contributed by atoms with E-state index in [2.05, 4.69) is 37.6 Å². The minimum absolute atomic E-state index is 0.273. The second-order valence-corrected chi connectivity index (χ2v) is 6.83. The molecule has 6 nitrogen and oxygen atoms in total. The molecular formula is C22H23N5O. The average Bonchev–Trinajstić information content (AvgIpc) is 2.76. The molecule has 2 heterocycles. The highest BCUT2D eigenvalue weighted by molar-refractivity contribution is 6.02. The molecule has 0 saturated carbocycles. The summed E-state index contributed by atoms with van der Waals surface area (Å²) in [6, 6.07) is 17.6. The SMILES string of the molecule is O=C(Nc1ccccc1)c1cnc(Nc2ccc(N3CCCCC3)cc2)cn1. The Labute approximate surface area is 164 Å². The first-order valence-corrected chi connectivity index (χ1v) is 9.58. The second kappa shape index (κ2) is 8.52. The average molecular weight is 373 g/mol. The number of piperidine rings is 1. The van der Waals surface area contributed by atoms with Crippen LogP contribution < -0.4 is 15.5 Å². The normalized spacial score (nSPS) is 13.8. The summed E-state index contributed by atoms with van der Waals surface area (Å²) in [7, 11) is 0. The van der Waals surface area contributed by atoms with Gasteiger partial charge in [0.1, 0.15) is 11.5 Å². The number of rotatable bonds is 5. The second-order valence-electron chi connectivity index (χ2n) is 6.83. The predicted octanol–water partition coefficient (Wildman–Crippen LogP) is 4.46. The van der Waals surface area contributed by atoms with E-state index in [-0.39, 0.29) is 11.6 Å². The van der Waals surface area contributed by atoms with Crippen LogP contribution in [0.25, 0.3) is 0 Å².